The van der Waals surface area contributed by atoms with Gasteiger partial charge in [-0.15, -0.1) is 0 Å². The molecule has 4 heteroatoms. The Balaban J connectivity index is 1.81. The first-order valence-corrected chi connectivity index (χ1v) is 7.05. The smallest absolute Gasteiger partial charge is 0.304 e. The maximum Gasteiger partial charge on any atom is 0.304 e. The van der Waals surface area contributed by atoms with Crippen LogP contribution in [0.15, 0.2) is 0 Å². The molecule has 100 valence electrons. The van der Waals surface area contributed by atoms with Gasteiger partial charge in [-0.2, -0.15) is 0 Å². The molecule has 1 amide bonds. The van der Waals surface area contributed by atoms with E-state index in [1.807, 2.05) is 0 Å². The summed E-state index contributed by atoms with van der Waals surface area (Å²) in [5.41, 5.74) is 5.46. The highest BCUT2D eigenvalue weighted by Crippen LogP contribution is 2.58. The second kappa shape index (κ2) is 4.25. The molecular formula is C14H21NO3. The molecule has 4 fully saturated rings. The number of aliphatic carboxylic acids is 1. The molecule has 0 heterocycles. The summed E-state index contributed by atoms with van der Waals surface area (Å²) in [6.07, 6.45) is 6.06. The zero-order valence-corrected chi connectivity index (χ0v) is 10.5. The van der Waals surface area contributed by atoms with E-state index in [4.69, 9.17) is 10.8 Å². The van der Waals surface area contributed by atoms with Crippen molar-refractivity contribution in [1.82, 2.24) is 0 Å². The minimum absolute atomic E-state index is 0.0810. The van der Waals surface area contributed by atoms with Crippen LogP contribution in [0.25, 0.3) is 0 Å². The zero-order valence-electron chi connectivity index (χ0n) is 10.5. The first-order valence-electron chi connectivity index (χ1n) is 7.05. The van der Waals surface area contributed by atoms with Crippen LogP contribution in [0.2, 0.25) is 0 Å². The number of carbonyl (C=O) groups excluding carboxylic acids is 1. The van der Waals surface area contributed by atoms with Crippen LogP contribution in [0, 0.1) is 35.5 Å². The van der Waals surface area contributed by atoms with Crippen molar-refractivity contribution in [2.24, 2.45) is 41.2 Å². The van der Waals surface area contributed by atoms with E-state index in [1.54, 1.807) is 0 Å². The van der Waals surface area contributed by atoms with Crippen molar-refractivity contribution in [3.8, 4) is 0 Å². The van der Waals surface area contributed by atoms with Crippen molar-refractivity contribution in [2.45, 2.75) is 38.5 Å². The molecule has 0 saturated heterocycles. The molecule has 4 rings (SSSR count). The Morgan fingerprint density at radius 1 is 1.06 bits per heavy atom. The van der Waals surface area contributed by atoms with E-state index in [2.05, 4.69) is 0 Å². The molecule has 4 nitrogen and oxygen atoms in total. The third-order valence-electron chi connectivity index (χ3n) is 5.52. The van der Waals surface area contributed by atoms with Crippen LogP contribution in [-0.2, 0) is 9.59 Å². The quantitative estimate of drug-likeness (QED) is 0.797. The van der Waals surface area contributed by atoms with Crippen molar-refractivity contribution in [3.05, 3.63) is 0 Å². The molecule has 0 aliphatic heterocycles. The van der Waals surface area contributed by atoms with Crippen molar-refractivity contribution in [1.29, 1.82) is 0 Å². The van der Waals surface area contributed by atoms with Gasteiger partial charge >= 0.3 is 5.97 Å². The lowest BCUT2D eigenvalue weighted by atomic mass is 9.49. The molecule has 0 aromatic carbocycles. The Kier molecular flexibility index (Phi) is 2.83. The van der Waals surface area contributed by atoms with E-state index in [0.29, 0.717) is 11.8 Å². The predicted octanol–water partition coefficient (Wildman–Crippen LogP) is 1.63. The van der Waals surface area contributed by atoms with E-state index in [9.17, 15) is 9.59 Å². The van der Waals surface area contributed by atoms with Gasteiger partial charge in [-0.3, -0.25) is 9.59 Å². The minimum atomic E-state index is -0.896. The van der Waals surface area contributed by atoms with E-state index >= 15 is 0 Å². The predicted molar refractivity (Wildman–Crippen MR) is 65.5 cm³/mol. The first-order chi connectivity index (χ1) is 8.54. The third-order valence-corrected chi connectivity index (χ3v) is 5.52. The van der Waals surface area contributed by atoms with Gasteiger partial charge < -0.3 is 10.8 Å². The second-order valence-electron chi connectivity index (χ2n) is 6.61. The number of rotatable bonds is 4. The molecule has 0 aromatic heterocycles. The molecule has 0 radical (unpaired) electrons. The maximum atomic E-state index is 11.6. The summed E-state index contributed by atoms with van der Waals surface area (Å²) < 4.78 is 0. The Bertz CT molecular complexity index is 351. The number of hydrogen-bond acceptors (Lipinski definition) is 2. The fraction of sp³-hybridized carbons (Fsp3) is 0.857. The summed E-state index contributed by atoms with van der Waals surface area (Å²) in [5.74, 6) is 1.27. The van der Waals surface area contributed by atoms with E-state index in [0.717, 1.165) is 11.8 Å². The van der Waals surface area contributed by atoms with Crippen LogP contribution in [0.3, 0.4) is 0 Å². The largest absolute Gasteiger partial charge is 0.481 e. The van der Waals surface area contributed by atoms with Crippen molar-refractivity contribution < 1.29 is 14.7 Å². The van der Waals surface area contributed by atoms with Crippen LogP contribution in [0.5, 0.6) is 0 Å². The number of hydrogen-bond donors (Lipinski definition) is 2. The molecule has 0 spiro atoms. The SMILES string of the molecule is NC(=O)C(CC(=O)O)C1C2CC3CC(C2)CC1C3. The highest BCUT2D eigenvalue weighted by atomic mass is 16.4. The van der Waals surface area contributed by atoms with Crippen molar-refractivity contribution in [3.63, 3.8) is 0 Å². The van der Waals surface area contributed by atoms with Crippen LogP contribution in [-0.4, -0.2) is 17.0 Å². The average Bonchev–Trinajstić information content (AvgIpc) is 2.25. The first kappa shape index (κ1) is 12.0. The van der Waals surface area contributed by atoms with Gasteiger partial charge in [-0.05, 0) is 61.7 Å². The average molecular weight is 251 g/mol. The monoisotopic (exact) mass is 251 g/mol. The summed E-state index contributed by atoms with van der Waals surface area (Å²) in [4.78, 5) is 22.6. The molecule has 3 N–H and O–H groups in total. The van der Waals surface area contributed by atoms with E-state index < -0.39 is 17.8 Å². The van der Waals surface area contributed by atoms with Crippen molar-refractivity contribution in [2.75, 3.05) is 0 Å². The summed E-state index contributed by atoms with van der Waals surface area (Å²) in [5, 5.41) is 8.98. The van der Waals surface area contributed by atoms with Crippen LogP contribution in [0.1, 0.15) is 38.5 Å². The summed E-state index contributed by atoms with van der Waals surface area (Å²) >= 11 is 0. The van der Waals surface area contributed by atoms with Gasteiger partial charge in [0.2, 0.25) is 5.91 Å². The van der Waals surface area contributed by atoms with Gasteiger partial charge in [0, 0.05) is 0 Å². The molecule has 4 bridgehead atoms. The van der Waals surface area contributed by atoms with Crippen molar-refractivity contribution >= 4 is 11.9 Å². The highest BCUT2D eigenvalue weighted by molar-refractivity contribution is 5.82. The van der Waals surface area contributed by atoms with Crippen LogP contribution in [0.4, 0.5) is 0 Å². The van der Waals surface area contributed by atoms with Crippen LogP contribution < -0.4 is 5.73 Å². The van der Waals surface area contributed by atoms with Gasteiger partial charge in [0.1, 0.15) is 0 Å². The fourth-order valence-corrected chi connectivity index (χ4v) is 5.24. The molecule has 1 unspecified atom stereocenters. The number of carboxylic acids is 1. The molecule has 4 aliphatic carbocycles. The Morgan fingerprint density at radius 3 is 1.94 bits per heavy atom. The van der Waals surface area contributed by atoms with E-state index in [1.165, 1.54) is 32.1 Å². The number of carboxylic acid groups (broad SMARTS) is 1. The normalized spacial score (nSPS) is 42.8. The second-order valence-corrected chi connectivity index (χ2v) is 6.61. The topological polar surface area (TPSA) is 80.4 Å². The van der Waals surface area contributed by atoms with Gasteiger partial charge in [0.15, 0.2) is 0 Å². The molecule has 1 atom stereocenters. The van der Waals surface area contributed by atoms with E-state index in [-0.39, 0.29) is 12.3 Å². The fourth-order valence-electron chi connectivity index (χ4n) is 5.24. The molecule has 0 aromatic rings. The Labute approximate surface area is 107 Å². The Morgan fingerprint density at radius 2 is 1.56 bits per heavy atom. The maximum absolute atomic E-state index is 11.6. The van der Waals surface area contributed by atoms with Gasteiger partial charge in [0.05, 0.1) is 12.3 Å². The molecule has 4 aliphatic rings. The lowest BCUT2D eigenvalue weighted by Crippen LogP contribution is -2.50. The standard InChI is InChI=1S/C14H21NO3/c15-14(18)11(6-12(16)17)13-9-2-7-1-8(4-9)5-10(13)3-7/h7-11,13H,1-6H2,(H2,15,18)(H,16,17). The number of primary amides is 1. The lowest BCUT2D eigenvalue weighted by Gasteiger charge is -2.56. The number of carbonyl (C=O) groups is 2. The summed E-state index contributed by atoms with van der Waals surface area (Å²) in [6.45, 7) is 0. The van der Waals surface area contributed by atoms with Gasteiger partial charge in [0.25, 0.3) is 0 Å². The number of amides is 1. The van der Waals surface area contributed by atoms with Gasteiger partial charge in [-0.1, -0.05) is 0 Å². The third kappa shape index (κ3) is 1.91. The number of nitrogens with two attached hydrogens (primary N) is 1. The summed E-state index contributed by atoms with van der Waals surface area (Å²) in [6, 6.07) is 0. The minimum Gasteiger partial charge on any atom is -0.481 e. The summed E-state index contributed by atoms with van der Waals surface area (Å²) in [7, 11) is 0. The highest BCUT2D eigenvalue weighted by Gasteiger charge is 2.51. The Hall–Kier alpha value is -1.06. The molecule has 4 saturated carbocycles. The molecule has 18 heavy (non-hydrogen) atoms. The van der Waals surface area contributed by atoms with Gasteiger partial charge in [-0.25, -0.2) is 0 Å². The zero-order chi connectivity index (χ0) is 12.9. The van der Waals surface area contributed by atoms with Crippen LogP contribution >= 0.6 is 0 Å². The molecular weight excluding hydrogens is 230 g/mol. The lowest BCUT2D eigenvalue weighted by molar-refractivity contribution is -0.146.